The number of benzene rings is 1. The molecule has 0 spiro atoms. The standard InChI is InChI=1S/C19H27N2O3/c1-5-6-9-24-17-15-10-13(22)7-8-14(15)18(23)21(16(17)11-20)12-19(2,3)4/h7-8,10H,5-6,9,11-12,20H2,1-4H3. The van der Waals surface area contributed by atoms with Gasteiger partial charge in [-0.2, -0.15) is 0 Å². The van der Waals surface area contributed by atoms with Crippen molar-refractivity contribution in [1.82, 2.24) is 4.57 Å². The van der Waals surface area contributed by atoms with Crippen LogP contribution in [0.1, 0.15) is 46.2 Å². The number of pyridine rings is 1. The minimum Gasteiger partial charge on any atom is -0.491 e. The number of fused-ring (bicyclic) bond motifs is 1. The Balaban J connectivity index is 2.74. The number of aromatic nitrogens is 1. The van der Waals surface area contributed by atoms with E-state index in [0.29, 0.717) is 35.4 Å². The molecule has 5 nitrogen and oxygen atoms in total. The first-order valence-corrected chi connectivity index (χ1v) is 8.47. The summed E-state index contributed by atoms with van der Waals surface area (Å²) >= 11 is 0. The zero-order valence-corrected chi connectivity index (χ0v) is 15.0. The Labute approximate surface area is 143 Å². The summed E-state index contributed by atoms with van der Waals surface area (Å²) in [6.45, 7) is 9.56. The van der Waals surface area contributed by atoms with Crippen molar-refractivity contribution >= 4 is 10.8 Å². The van der Waals surface area contributed by atoms with Crippen molar-refractivity contribution in [3.05, 3.63) is 34.2 Å². The number of unbranched alkanes of at least 4 members (excludes halogenated alkanes) is 1. The first-order valence-electron chi connectivity index (χ1n) is 8.47. The zero-order valence-electron chi connectivity index (χ0n) is 15.0. The van der Waals surface area contributed by atoms with Gasteiger partial charge < -0.3 is 15.0 Å². The van der Waals surface area contributed by atoms with Crippen molar-refractivity contribution < 1.29 is 9.84 Å². The Bertz CT molecular complexity index is 773. The molecule has 0 aliphatic carbocycles. The van der Waals surface area contributed by atoms with Crippen LogP contribution < -0.4 is 16.0 Å². The molecule has 1 aromatic heterocycles. The molecule has 0 aliphatic rings. The number of nitrogens with two attached hydrogens (primary N) is 1. The lowest BCUT2D eigenvalue weighted by atomic mass is 9.96. The van der Waals surface area contributed by atoms with E-state index in [1.807, 2.05) is 0 Å². The monoisotopic (exact) mass is 331 g/mol. The average Bonchev–Trinajstić information content (AvgIpc) is 2.50. The second-order valence-electron chi connectivity index (χ2n) is 7.34. The molecule has 24 heavy (non-hydrogen) atoms. The van der Waals surface area contributed by atoms with Crippen molar-refractivity contribution in [3.8, 4) is 11.5 Å². The van der Waals surface area contributed by atoms with Crippen molar-refractivity contribution in [2.75, 3.05) is 6.61 Å². The molecule has 131 valence electrons. The van der Waals surface area contributed by atoms with E-state index >= 15 is 0 Å². The van der Waals surface area contributed by atoms with E-state index < -0.39 is 0 Å². The number of nitrogens with zero attached hydrogens (tertiary/aromatic N) is 1. The third kappa shape index (κ3) is 3.90. The highest BCUT2D eigenvalue weighted by atomic mass is 16.5. The molecule has 0 amide bonds. The molecule has 0 unspecified atom stereocenters. The number of hydrogen-bond donors (Lipinski definition) is 1. The summed E-state index contributed by atoms with van der Waals surface area (Å²) in [5.41, 5.74) is 6.41. The number of hydrogen-bond acceptors (Lipinski definition) is 3. The summed E-state index contributed by atoms with van der Waals surface area (Å²) in [4.78, 5) is 12.9. The van der Waals surface area contributed by atoms with E-state index in [4.69, 9.17) is 10.5 Å². The van der Waals surface area contributed by atoms with Crippen molar-refractivity contribution in [2.24, 2.45) is 11.1 Å². The number of rotatable bonds is 6. The Morgan fingerprint density at radius 2 is 1.92 bits per heavy atom. The van der Waals surface area contributed by atoms with Gasteiger partial charge in [0, 0.05) is 18.5 Å². The van der Waals surface area contributed by atoms with E-state index in [9.17, 15) is 9.90 Å². The fourth-order valence-corrected chi connectivity index (χ4v) is 2.77. The average molecular weight is 331 g/mol. The molecule has 1 radical (unpaired) electrons. The molecule has 2 rings (SSSR count). The van der Waals surface area contributed by atoms with Gasteiger partial charge in [0.05, 0.1) is 17.7 Å². The normalized spacial score (nSPS) is 11.9. The molecule has 2 aromatic rings. The summed E-state index contributed by atoms with van der Waals surface area (Å²) in [5, 5.41) is 12.9. The van der Waals surface area contributed by atoms with Gasteiger partial charge in [0.15, 0.2) is 5.75 Å². The van der Waals surface area contributed by atoms with Crippen molar-refractivity contribution in [2.45, 2.75) is 53.6 Å². The van der Waals surface area contributed by atoms with E-state index in [1.165, 1.54) is 12.1 Å². The van der Waals surface area contributed by atoms with E-state index in [1.54, 1.807) is 10.6 Å². The lowest BCUT2D eigenvalue weighted by Gasteiger charge is -2.25. The zero-order chi connectivity index (χ0) is 17.9. The van der Waals surface area contributed by atoms with Crippen LogP contribution in [-0.4, -0.2) is 11.2 Å². The molecular weight excluding hydrogens is 304 g/mol. The minimum atomic E-state index is -0.140. The SMILES string of the molecule is CCCCOc1c(CN)n(CC(C)(C)C)c(=O)c2ccc([O])cc12. The summed E-state index contributed by atoms with van der Waals surface area (Å²) in [6, 6.07) is 4.48. The van der Waals surface area contributed by atoms with E-state index in [0.717, 1.165) is 12.8 Å². The minimum absolute atomic E-state index is 0.0828. The Morgan fingerprint density at radius 1 is 1.21 bits per heavy atom. The lowest BCUT2D eigenvalue weighted by Crippen LogP contribution is -2.31. The van der Waals surface area contributed by atoms with Crippen LogP contribution in [0.25, 0.3) is 10.8 Å². The third-order valence-electron chi connectivity index (χ3n) is 3.87. The molecule has 0 fully saturated rings. The topological polar surface area (TPSA) is 77.2 Å². The fourth-order valence-electron chi connectivity index (χ4n) is 2.77. The van der Waals surface area contributed by atoms with Crippen LogP contribution in [0.4, 0.5) is 0 Å². The van der Waals surface area contributed by atoms with Gasteiger partial charge in [-0.25, -0.2) is 0 Å². The van der Waals surface area contributed by atoms with Gasteiger partial charge >= 0.3 is 0 Å². The van der Waals surface area contributed by atoms with E-state index in [2.05, 4.69) is 27.7 Å². The second kappa shape index (κ2) is 7.26. The van der Waals surface area contributed by atoms with Gasteiger partial charge in [0.2, 0.25) is 0 Å². The van der Waals surface area contributed by atoms with Crippen molar-refractivity contribution in [3.63, 3.8) is 0 Å². The van der Waals surface area contributed by atoms with Crippen LogP contribution >= 0.6 is 0 Å². The van der Waals surface area contributed by atoms with Gasteiger partial charge in [0.1, 0.15) is 5.75 Å². The molecule has 0 aliphatic heterocycles. The summed E-state index contributed by atoms with van der Waals surface area (Å²) in [6.07, 6.45) is 1.91. The molecule has 1 aromatic carbocycles. The first-order chi connectivity index (χ1) is 11.3. The Kier molecular flexibility index (Phi) is 5.54. The fraction of sp³-hybridized carbons (Fsp3) is 0.526. The summed E-state index contributed by atoms with van der Waals surface area (Å²) in [7, 11) is 0. The third-order valence-corrected chi connectivity index (χ3v) is 3.87. The van der Waals surface area contributed by atoms with Gasteiger partial charge in [-0.1, -0.05) is 34.1 Å². The number of ether oxygens (including phenoxy) is 1. The molecule has 1 heterocycles. The quantitative estimate of drug-likeness (QED) is 0.817. The highest BCUT2D eigenvalue weighted by Gasteiger charge is 2.21. The second-order valence-corrected chi connectivity index (χ2v) is 7.34. The highest BCUT2D eigenvalue weighted by molar-refractivity contribution is 5.89. The molecule has 2 N–H and O–H groups in total. The smallest absolute Gasteiger partial charge is 0.258 e. The van der Waals surface area contributed by atoms with Crippen LogP contribution in [0, 0.1) is 5.41 Å². The highest BCUT2D eigenvalue weighted by Crippen LogP contribution is 2.32. The first kappa shape index (κ1) is 18.3. The molecule has 0 atom stereocenters. The maximum atomic E-state index is 12.9. The molecule has 0 bridgehead atoms. The van der Waals surface area contributed by atoms with Crippen LogP contribution in [0.5, 0.6) is 11.5 Å². The Morgan fingerprint density at radius 3 is 2.50 bits per heavy atom. The lowest BCUT2D eigenvalue weighted by molar-refractivity contribution is 0.294. The van der Waals surface area contributed by atoms with Gasteiger partial charge in [0.25, 0.3) is 5.56 Å². The molecule has 0 saturated carbocycles. The van der Waals surface area contributed by atoms with Crippen LogP contribution in [0.15, 0.2) is 23.0 Å². The summed E-state index contributed by atoms with van der Waals surface area (Å²) in [5.74, 6) is 0.432. The predicted molar refractivity (Wildman–Crippen MR) is 96.1 cm³/mol. The predicted octanol–water partition coefficient (Wildman–Crippen LogP) is 3.83. The largest absolute Gasteiger partial charge is 0.491 e. The maximum absolute atomic E-state index is 12.9. The van der Waals surface area contributed by atoms with Gasteiger partial charge in [-0.3, -0.25) is 9.90 Å². The van der Waals surface area contributed by atoms with E-state index in [-0.39, 0.29) is 23.3 Å². The van der Waals surface area contributed by atoms with Crippen molar-refractivity contribution in [1.29, 1.82) is 0 Å². The maximum Gasteiger partial charge on any atom is 0.258 e. The Hall–Kier alpha value is -2.01. The molecule has 0 saturated heterocycles. The van der Waals surface area contributed by atoms with Gasteiger partial charge in [-0.05, 0) is 30.0 Å². The van der Waals surface area contributed by atoms with Crippen LogP contribution in [-0.2, 0) is 18.2 Å². The van der Waals surface area contributed by atoms with Gasteiger partial charge in [-0.15, -0.1) is 0 Å². The molecular formula is C19H27N2O3. The molecule has 5 heteroatoms. The van der Waals surface area contributed by atoms with Crippen LogP contribution in [0.2, 0.25) is 0 Å². The van der Waals surface area contributed by atoms with Crippen LogP contribution in [0.3, 0.4) is 0 Å². The summed E-state index contributed by atoms with van der Waals surface area (Å²) < 4.78 is 7.67.